The number of rotatable bonds is 1. The third-order valence-electron chi connectivity index (χ3n) is 4.33. The Morgan fingerprint density at radius 3 is 2.68 bits per heavy atom. The number of pyridine rings is 1. The van der Waals surface area contributed by atoms with Crippen LogP contribution in [0.3, 0.4) is 0 Å². The highest BCUT2D eigenvalue weighted by Gasteiger charge is 2.37. The molecule has 0 fully saturated rings. The van der Waals surface area contributed by atoms with Crippen LogP contribution in [0.1, 0.15) is 17.2 Å². The Balaban J connectivity index is 2.05. The number of hydrogen-bond donors (Lipinski definition) is 1. The molecule has 4 rings (SSSR count). The molecule has 5 nitrogen and oxygen atoms in total. The van der Waals surface area contributed by atoms with Gasteiger partial charge < -0.3 is 0 Å². The molecule has 0 radical (unpaired) electrons. The molecule has 0 saturated carbocycles. The van der Waals surface area contributed by atoms with E-state index in [1.165, 1.54) is 23.5 Å². The summed E-state index contributed by atoms with van der Waals surface area (Å²) >= 11 is 3.54. The average molecular weight is 422 g/mol. The smallest absolute Gasteiger partial charge is 0.268 e. The van der Waals surface area contributed by atoms with Gasteiger partial charge in [0.15, 0.2) is 0 Å². The normalized spacial score (nSPS) is 19.4. The molecule has 0 saturated heterocycles. The van der Waals surface area contributed by atoms with Gasteiger partial charge in [-0.25, -0.2) is 4.39 Å². The lowest BCUT2D eigenvalue weighted by Crippen LogP contribution is -2.40. The number of nitrogens with one attached hydrogen (secondary N) is 1. The first-order valence-corrected chi connectivity index (χ1v) is 9.70. The van der Waals surface area contributed by atoms with E-state index < -0.39 is 16.3 Å². The lowest BCUT2D eigenvalue weighted by atomic mass is 9.95. The third kappa shape index (κ3) is 2.61. The van der Waals surface area contributed by atoms with Crippen molar-refractivity contribution in [1.82, 2.24) is 9.29 Å². The summed E-state index contributed by atoms with van der Waals surface area (Å²) in [6, 6.07) is 10.8. The molecule has 0 aliphatic carbocycles. The maximum Gasteiger partial charge on any atom is 0.302 e. The van der Waals surface area contributed by atoms with E-state index in [2.05, 4.69) is 25.6 Å². The zero-order valence-electron chi connectivity index (χ0n) is 13.1. The van der Waals surface area contributed by atoms with Crippen LogP contribution in [0, 0.1) is 5.82 Å². The van der Waals surface area contributed by atoms with Gasteiger partial charge in [0.25, 0.3) is 0 Å². The van der Waals surface area contributed by atoms with Gasteiger partial charge in [0.05, 0.1) is 17.2 Å². The van der Waals surface area contributed by atoms with Crippen molar-refractivity contribution in [3.05, 3.63) is 70.1 Å². The molecular weight excluding hydrogens is 409 g/mol. The minimum atomic E-state index is -3.75. The maximum atomic E-state index is 13.3. The van der Waals surface area contributed by atoms with Crippen LogP contribution in [0.25, 0.3) is 10.9 Å². The molecule has 25 heavy (non-hydrogen) atoms. The molecule has 1 aliphatic rings. The zero-order valence-corrected chi connectivity index (χ0v) is 15.5. The van der Waals surface area contributed by atoms with E-state index >= 15 is 0 Å². The fourth-order valence-corrected chi connectivity index (χ4v) is 4.81. The number of fused-ring (bicyclic) bond motifs is 3. The number of nitrogens with zero attached hydrogens (tertiary/aromatic N) is 2. The highest BCUT2D eigenvalue weighted by atomic mass is 79.9. The molecular formula is C17H13BrFN3O2S. The minimum Gasteiger partial charge on any atom is -0.268 e. The average Bonchev–Trinajstić information content (AvgIpc) is 2.59. The highest BCUT2D eigenvalue weighted by molar-refractivity contribution is 9.10. The predicted molar refractivity (Wildman–Crippen MR) is 98.0 cm³/mol. The maximum absolute atomic E-state index is 13.3. The first-order chi connectivity index (χ1) is 11.9. The largest absolute Gasteiger partial charge is 0.302 e. The highest BCUT2D eigenvalue weighted by Crippen LogP contribution is 2.44. The van der Waals surface area contributed by atoms with E-state index in [9.17, 15) is 12.8 Å². The predicted octanol–water partition coefficient (Wildman–Crippen LogP) is 3.83. The second-order valence-corrected chi connectivity index (χ2v) is 8.38. The van der Waals surface area contributed by atoms with Crippen LogP contribution in [0.15, 0.2) is 53.1 Å². The molecule has 0 bridgehead atoms. The number of hydrogen-bond acceptors (Lipinski definition) is 3. The first-order valence-electron chi connectivity index (χ1n) is 7.47. The number of halogens is 2. The Labute approximate surface area is 152 Å². The molecule has 2 aromatic carbocycles. The lowest BCUT2D eigenvalue weighted by molar-refractivity contribution is 0.416. The molecule has 0 spiro atoms. The van der Waals surface area contributed by atoms with Gasteiger partial charge in [0.1, 0.15) is 5.82 Å². The third-order valence-corrected chi connectivity index (χ3v) is 6.41. The quantitative estimate of drug-likeness (QED) is 0.649. The van der Waals surface area contributed by atoms with Gasteiger partial charge in [0.2, 0.25) is 0 Å². The molecule has 0 amide bonds. The van der Waals surface area contributed by atoms with Crippen LogP contribution in [-0.2, 0) is 10.2 Å². The van der Waals surface area contributed by atoms with Gasteiger partial charge in [-0.2, -0.15) is 12.7 Å². The zero-order chi connectivity index (χ0) is 17.8. The monoisotopic (exact) mass is 421 g/mol. The van der Waals surface area contributed by atoms with E-state index in [0.717, 1.165) is 15.4 Å². The second kappa shape index (κ2) is 5.76. The second-order valence-electron chi connectivity index (χ2n) is 5.80. The van der Waals surface area contributed by atoms with E-state index in [1.54, 1.807) is 24.4 Å². The van der Waals surface area contributed by atoms with Crippen molar-refractivity contribution in [3.63, 3.8) is 0 Å². The minimum absolute atomic E-state index is 0.371. The Morgan fingerprint density at radius 2 is 1.96 bits per heavy atom. The number of anilines is 1. The van der Waals surface area contributed by atoms with Crippen molar-refractivity contribution in [2.45, 2.75) is 6.04 Å². The SMILES string of the molecule is CN1C(c2ccc(F)cc2)c2cc(Br)c3cccnc3c2NS1(=O)=O. The van der Waals surface area contributed by atoms with Crippen molar-refractivity contribution in [2.24, 2.45) is 0 Å². The van der Waals surface area contributed by atoms with Crippen LogP contribution in [0.2, 0.25) is 0 Å². The molecule has 1 unspecified atom stereocenters. The molecule has 3 aromatic rings. The summed E-state index contributed by atoms with van der Waals surface area (Å²) in [6.45, 7) is 0. The molecule has 1 aliphatic heterocycles. The fraction of sp³-hybridized carbons (Fsp3) is 0.118. The Kier molecular flexibility index (Phi) is 3.78. The topological polar surface area (TPSA) is 62.3 Å². The molecule has 2 heterocycles. The Bertz CT molecular complexity index is 1090. The first kappa shape index (κ1) is 16.4. The summed E-state index contributed by atoms with van der Waals surface area (Å²) in [7, 11) is -2.26. The van der Waals surface area contributed by atoms with Crippen molar-refractivity contribution < 1.29 is 12.8 Å². The molecule has 1 N–H and O–H groups in total. The Hall–Kier alpha value is -2.03. The van der Waals surface area contributed by atoms with Gasteiger partial charge in [-0.3, -0.25) is 9.71 Å². The summed E-state index contributed by atoms with van der Waals surface area (Å²) in [5, 5.41) is 0.811. The van der Waals surface area contributed by atoms with E-state index in [0.29, 0.717) is 16.8 Å². The molecule has 1 atom stereocenters. The summed E-state index contributed by atoms with van der Waals surface area (Å²) < 4.78 is 43.2. The molecule has 8 heteroatoms. The van der Waals surface area contributed by atoms with Crippen LogP contribution in [-0.4, -0.2) is 24.8 Å². The number of benzene rings is 2. The van der Waals surface area contributed by atoms with Crippen LogP contribution >= 0.6 is 15.9 Å². The summed E-state index contributed by atoms with van der Waals surface area (Å²) in [5.41, 5.74) is 2.45. The van der Waals surface area contributed by atoms with Crippen molar-refractivity contribution >= 4 is 42.7 Å². The van der Waals surface area contributed by atoms with Crippen LogP contribution in [0.4, 0.5) is 10.1 Å². The van der Waals surface area contributed by atoms with Gasteiger partial charge in [-0.15, -0.1) is 0 Å². The standard InChI is InChI=1S/C17H13BrFN3O2S/c1-22-17(10-4-6-11(19)7-5-10)13-9-14(18)12-3-2-8-20-15(12)16(13)21-25(22,23)24/h2-9,17,21H,1H3. The molecule has 128 valence electrons. The summed E-state index contributed by atoms with van der Waals surface area (Å²) in [6.07, 6.45) is 1.62. The van der Waals surface area contributed by atoms with Crippen molar-refractivity contribution in [3.8, 4) is 0 Å². The lowest BCUT2D eigenvalue weighted by Gasteiger charge is -2.35. The van der Waals surface area contributed by atoms with E-state index in [4.69, 9.17) is 0 Å². The molecule has 1 aromatic heterocycles. The number of aromatic nitrogens is 1. The van der Waals surface area contributed by atoms with Gasteiger partial charge in [-0.05, 0) is 29.8 Å². The summed E-state index contributed by atoms with van der Waals surface area (Å²) in [4.78, 5) is 4.35. The van der Waals surface area contributed by atoms with Gasteiger partial charge >= 0.3 is 10.2 Å². The Morgan fingerprint density at radius 1 is 1.24 bits per heavy atom. The van der Waals surface area contributed by atoms with Crippen molar-refractivity contribution in [1.29, 1.82) is 0 Å². The van der Waals surface area contributed by atoms with Crippen LogP contribution < -0.4 is 4.72 Å². The van der Waals surface area contributed by atoms with E-state index in [-0.39, 0.29) is 5.82 Å². The van der Waals surface area contributed by atoms with E-state index in [1.807, 2.05) is 12.1 Å². The summed E-state index contributed by atoms with van der Waals surface area (Å²) in [5.74, 6) is -0.371. The van der Waals surface area contributed by atoms with Gasteiger partial charge in [0, 0.05) is 28.7 Å². The van der Waals surface area contributed by atoms with Crippen LogP contribution in [0.5, 0.6) is 0 Å². The fourth-order valence-electron chi connectivity index (χ4n) is 3.11. The van der Waals surface area contributed by atoms with Crippen molar-refractivity contribution in [2.75, 3.05) is 11.8 Å². The van der Waals surface area contributed by atoms with Gasteiger partial charge in [-0.1, -0.05) is 34.1 Å².